The van der Waals surface area contributed by atoms with Gasteiger partial charge >= 0.3 is 0 Å². The number of nitrogens with one attached hydrogen (secondary N) is 1. The van der Waals surface area contributed by atoms with Crippen molar-refractivity contribution in [1.82, 2.24) is 9.97 Å². The molecule has 17 heavy (non-hydrogen) atoms. The van der Waals surface area contributed by atoms with Crippen molar-refractivity contribution in [1.29, 1.82) is 0 Å². The largest absolute Gasteiger partial charge is 0.481 e. The maximum Gasteiger partial charge on any atom is 0.229 e. The van der Waals surface area contributed by atoms with Crippen LogP contribution in [0.1, 0.15) is 26.2 Å². The monoisotopic (exact) mass is 237 g/mol. The molecule has 0 saturated heterocycles. The van der Waals surface area contributed by atoms with Gasteiger partial charge in [-0.2, -0.15) is 9.97 Å². The Bertz CT molecular complexity index is 369. The molecule has 5 nitrogen and oxygen atoms in total. The van der Waals surface area contributed by atoms with Crippen LogP contribution in [0.15, 0.2) is 6.07 Å². The topological polar surface area (TPSA) is 56.3 Å². The predicted molar refractivity (Wildman–Crippen MR) is 65.6 cm³/mol. The third kappa shape index (κ3) is 2.78. The second-order valence-electron chi connectivity index (χ2n) is 4.79. The van der Waals surface area contributed by atoms with Crippen molar-refractivity contribution in [2.75, 3.05) is 26.1 Å². The van der Waals surface area contributed by atoms with Crippen molar-refractivity contribution >= 4 is 5.95 Å². The van der Waals surface area contributed by atoms with Crippen LogP contribution in [-0.2, 0) is 0 Å². The molecular weight excluding hydrogens is 218 g/mol. The number of hydrogen-bond acceptors (Lipinski definition) is 5. The first-order valence-electron chi connectivity index (χ1n) is 5.86. The Hall–Kier alpha value is -1.52. The third-order valence-corrected chi connectivity index (χ3v) is 3.33. The molecule has 1 N–H and O–H groups in total. The molecule has 1 aromatic rings. The Morgan fingerprint density at radius 2 is 1.82 bits per heavy atom. The zero-order valence-corrected chi connectivity index (χ0v) is 10.6. The molecule has 2 rings (SSSR count). The van der Waals surface area contributed by atoms with Crippen LogP contribution in [-0.4, -0.2) is 30.7 Å². The summed E-state index contributed by atoms with van der Waals surface area (Å²) in [6, 6.07) is 1.66. The predicted octanol–water partition coefficient (Wildman–Crippen LogP) is 2.10. The highest BCUT2D eigenvalue weighted by atomic mass is 16.5. The summed E-state index contributed by atoms with van der Waals surface area (Å²) in [6.45, 7) is 3.17. The number of rotatable bonds is 5. The molecule has 0 unspecified atom stereocenters. The molecule has 0 radical (unpaired) electrons. The fourth-order valence-electron chi connectivity index (χ4n) is 1.94. The van der Waals surface area contributed by atoms with Crippen LogP contribution >= 0.6 is 0 Å². The van der Waals surface area contributed by atoms with Crippen LogP contribution in [0.4, 0.5) is 5.95 Å². The van der Waals surface area contributed by atoms with Crippen LogP contribution < -0.4 is 14.8 Å². The van der Waals surface area contributed by atoms with E-state index in [1.807, 2.05) is 0 Å². The second-order valence-corrected chi connectivity index (χ2v) is 4.79. The lowest BCUT2D eigenvalue weighted by atomic mass is 9.70. The zero-order valence-electron chi connectivity index (χ0n) is 10.6. The van der Waals surface area contributed by atoms with Crippen LogP contribution in [0.5, 0.6) is 11.8 Å². The van der Waals surface area contributed by atoms with E-state index in [1.165, 1.54) is 19.3 Å². The summed E-state index contributed by atoms with van der Waals surface area (Å²) >= 11 is 0. The smallest absolute Gasteiger partial charge is 0.229 e. The highest BCUT2D eigenvalue weighted by Crippen LogP contribution is 2.40. The lowest BCUT2D eigenvalue weighted by Crippen LogP contribution is -2.33. The van der Waals surface area contributed by atoms with Gasteiger partial charge in [-0.1, -0.05) is 13.3 Å². The van der Waals surface area contributed by atoms with Crippen molar-refractivity contribution < 1.29 is 9.47 Å². The number of hydrogen-bond donors (Lipinski definition) is 1. The molecule has 0 amide bonds. The molecule has 1 heterocycles. The molecule has 1 aliphatic rings. The van der Waals surface area contributed by atoms with Crippen LogP contribution in [0.3, 0.4) is 0 Å². The lowest BCUT2D eigenvalue weighted by molar-refractivity contribution is 0.179. The lowest BCUT2D eigenvalue weighted by Gasteiger charge is -2.38. The number of anilines is 1. The zero-order chi connectivity index (χ0) is 12.3. The van der Waals surface area contributed by atoms with Gasteiger partial charge in [0, 0.05) is 6.54 Å². The quantitative estimate of drug-likeness (QED) is 0.849. The van der Waals surface area contributed by atoms with E-state index in [2.05, 4.69) is 22.2 Å². The SMILES string of the molecule is COc1cc(OC)nc(NCC2(C)CCC2)n1. The average molecular weight is 237 g/mol. The molecule has 1 saturated carbocycles. The van der Waals surface area contributed by atoms with E-state index in [0.717, 1.165) is 6.54 Å². The van der Waals surface area contributed by atoms with Gasteiger partial charge in [-0.25, -0.2) is 0 Å². The highest BCUT2D eigenvalue weighted by Gasteiger charge is 2.31. The Morgan fingerprint density at radius 1 is 1.24 bits per heavy atom. The van der Waals surface area contributed by atoms with Gasteiger partial charge in [0.25, 0.3) is 0 Å². The molecule has 1 fully saturated rings. The van der Waals surface area contributed by atoms with Gasteiger partial charge in [-0.05, 0) is 18.3 Å². The van der Waals surface area contributed by atoms with Gasteiger partial charge in [0.2, 0.25) is 17.7 Å². The molecule has 1 aromatic heterocycles. The fraction of sp³-hybridized carbons (Fsp3) is 0.667. The number of nitrogens with zero attached hydrogens (tertiary/aromatic N) is 2. The van der Waals surface area contributed by atoms with Crippen molar-refractivity contribution in [2.45, 2.75) is 26.2 Å². The van der Waals surface area contributed by atoms with E-state index in [-0.39, 0.29) is 0 Å². The van der Waals surface area contributed by atoms with Crippen molar-refractivity contribution in [2.24, 2.45) is 5.41 Å². The standard InChI is InChI=1S/C12H19N3O2/c1-12(5-4-6-12)8-13-11-14-9(16-2)7-10(15-11)17-3/h7H,4-6,8H2,1-3H3,(H,13,14,15). The van der Waals surface area contributed by atoms with E-state index in [4.69, 9.17) is 9.47 Å². The molecule has 5 heteroatoms. The first kappa shape index (κ1) is 12.0. The maximum absolute atomic E-state index is 5.10. The summed E-state index contributed by atoms with van der Waals surface area (Å²) < 4.78 is 10.2. The fourth-order valence-corrected chi connectivity index (χ4v) is 1.94. The minimum atomic E-state index is 0.389. The van der Waals surface area contributed by atoms with Crippen LogP contribution in [0.25, 0.3) is 0 Å². The first-order chi connectivity index (χ1) is 8.15. The van der Waals surface area contributed by atoms with E-state index >= 15 is 0 Å². The molecule has 94 valence electrons. The van der Waals surface area contributed by atoms with Crippen LogP contribution in [0, 0.1) is 5.41 Å². The first-order valence-corrected chi connectivity index (χ1v) is 5.86. The average Bonchev–Trinajstić information content (AvgIpc) is 2.33. The molecule has 0 aromatic carbocycles. The molecule has 0 aliphatic heterocycles. The minimum Gasteiger partial charge on any atom is -0.481 e. The van der Waals surface area contributed by atoms with E-state index < -0.39 is 0 Å². The Morgan fingerprint density at radius 3 is 2.24 bits per heavy atom. The normalized spacial score (nSPS) is 17.1. The summed E-state index contributed by atoms with van der Waals surface area (Å²) in [5, 5.41) is 3.25. The van der Waals surface area contributed by atoms with Gasteiger partial charge in [0.05, 0.1) is 20.3 Å². The minimum absolute atomic E-state index is 0.389. The van der Waals surface area contributed by atoms with Crippen molar-refractivity contribution in [3.8, 4) is 11.8 Å². The van der Waals surface area contributed by atoms with E-state index in [9.17, 15) is 0 Å². The maximum atomic E-state index is 5.10. The summed E-state index contributed by atoms with van der Waals surface area (Å²) in [7, 11) is 3.16. The van der Waals surface area contributed by atoms with Gasteiger partial charge in [0.15, 0.2) is 0 Å². The Labute approximate surface area is 102 Å². The third-order valence-electron chi connectivity index (χ3n) is 3.33. The second kappa shape index (κ2) is 4.77. The summed E-state index contributed by atoms with van der Waals surface area (Å²) in [4.78, 5) is 8.47. The highest BCUT2D eigenvalue weighted by molar-refractivity contribution is 5.33. The molecule has 0 spiro atoms. The summed E-state index contributed by atoms with van der Waals surface area (Å²) in [5.74, 6) is 1.59. The summed E-state index contributed by atoms with van der Waals surface area (Å²) in [5.41, 5.74) is 0.389. The van der Waals surface area contributed by atoms with Gasteiger partial charge in [0.1, 0.15) is 0 Å². The Balaban J connectivity index is 2.03. The van der Waals surface area contributed by atoms with E-state index in [0.29, 0.717) is 23.1 Å². The number of ether oxygens (including phenoxy) is 2. The number of methoxy groups -OCH3 is 2. The molecule has 1 aliphatic carbocycles. The molecule has 0 atom stereocenters. The van der Waals surface area contributed by atoms with Gasteiger partial charge < -0.3 is 14.8 Å². The molecular formula is C12H19N3O2. The van der Waals surface area contributed by atoms with Crippen LogP contribution in [0.2, 0.25) is 0 Å². The van der Waals surface area contributed by atoms with Gasteiger partial charge in [-0.3, -0.25) is 0 Å². The number of aromatic nitrogens is 2. The molecule has 0 bridgehead atoms. The van der Waals surface area contributed by atoms with E-state index in [1.54, 1.807) is 20.3 Å². The summed E-state index contributed by atoms with van der Waals surface area (Å²) in [6.07, 6.45) is 3.85. The van der Waals surface area contributed by atoms with Gasteiger partial charge in [-0.15, -0.1) is 0 Å². The Kier molecular flexibility index (Phi) is 3.36. The van der Waals surface area contributed by atoms with Crippen molar-refractivity contribution in [3.63, 3.8) is 0 Å². The van der Waals surface area contributed by atoms with Crippen molar-refractivity contribution in [3.05, 3.63) is 6.07 Å².